The van der Waals surface area contributed by atoms with Crippen LogP contribution in [-0.2, 0) is 18.3 Å². The first-order chi connectivity index (χ1) is 23.6. The van der Waals surface area contributed by atoms with Crippen molar-refractivity contribution in [3.8, 4) is 0 Å². The van der Waals surface area contributed by atoms with Gasteiger partial charge in [0.25, 0.3) is 17.7 Å². The van der Waals surface area contributed by atoms with Crippen molar-refractivity contribution in [3.05, 3.63) is 102 Å². The molecule has 0 fully saturated rings. The molecular formula is C35H41N7O5S2. The minimum absolute atomic E-state index is 0.175. The van der Waals surface area contributed by atoms with E-state index < -0.39 is 6.04 Å². The van der Waals surface area contributed by atoms with Crippen LogP contribution >= 0.6 is 22.7 Å². The molecule has 5 rings (SSSR count). The number of benzene rings is 1. The molecule has 3 N–H and O–H groups in total. The van der Waals surface area contributed by atoms with Crippen LogP contribution in [0.5, 0.6) is 0 Å². The number of rotatable bonds is 5. The fourth-order valence-electron chi connectivity index (χ4n) is 5.56. The van der Waals surface area contributed by atoms with Gasteiger partial charge in [-0.3, -0.25) is 24.0 Å². The highest BCUT2D eigenvalue weighted by Gasteiger charge is 2.26. The van der Waals surface area contributed by atoms with E-state index in [1.807, 2.05) is 30.3 Å². The van der Waals surface area contributed by atoms with Gasteiger partial charge in [0.2, 0.25) is 11.5 Å². The average molecular weight is 704 g/mol. The van der Waals surface area contributed by atoms with E-state index in [-0.39, 0.29) is 65.5 Å². The number of hydrogen-bond donors (Lipinski definition) is 3. The predicted molar refractivity (Wildman–Crippen MR) is 189 cm³/mol. The SMILES string of the molecule is CC(C)C[C@@H]1NC(=O)CCCN(C(=O)c2ccc(=O)n(C)c2)CCCNC(=O)c2csc(n2)[C@H](Cc2ccccc2)NC(=O)c2csc1n2. The molecule has 1 aliphatic rings. The van der Waals surface area contributed by atoms with Gasteiger partial charge in [-0.25, -0.2) is 9.97 Å². The minimum Gasteiger partial charge on any atom is -0.351 e. The number of hydrogen-bond acceptors (Lipinski definition) is 9. The lowest BCUT2D eigenvalue weighted by Gasteiger charge is -2.23. The third-order valence-electron chi connectivity index (χ3n) is 8.08. The van der Waals surface area contributed by atoms with Crippen molar-refractivity contribution in [2.24, 2.45) is 13.0 Å². The lowest BCUT2D eigenvalue weighted by Crippen LogP contribution is -2.36. The normalized spacial score (nSPS) is 18.3. The highest BCUT2D eigenvalue weighted by Crippen LogP contribution is 2.27. The van der Waals surface area contributed by atoms with Crippen LogP contribution in [0.25, 0.3) is 0 Å². The molecule has 0 unspecified atom stereocenters. The highest BCUT2D eigenvalue weighted by atomic mass is 32.1. The Labute approximate surface area is 293 Å². The number of carbonyl (C=O) groups excluding carboxylic acids is 4. The Morgan fingerprint density at radius 3 is 2.24 bits per heavy atom. The molecule has 2 atom stereocenters. The second-order valence-electron chi connectivity index (χ2n) is 12.5. The van der Waals surface area contributed by atoms with E-state index in [9.17, 15) is 24.0 Å². The fourth-order valence-corrected chi connectivity index (χ4v) is 7.27. The molecule has 258 valence electrons. The molecule has 0 spiro atoms. The lowest BCUT2D eigenvalue weighted by molar-refractivity contribution is -0.122. The third-order valence-corrected chi connectivity index (χ3v) is 9.99. The average Bonchev–Trinajstić information content (AvgIpc) is 3.77. The number of aryl methyl sites for hydroxylation is 1. The van der Waals surface area contributed by atoms with E-state index in [4.69, 9.17) is 0 Å². The molecule has 0 saturated heterocycles. The standard InChI is InChI=1S/C35H41N7O5S2/c1-22(2)17-25-33-40-28(21-49-33)32(46)38-26(18-23-9-5-4-6-10-23)34-39-27(20-48-34)31(45)36-14-8-16-42(15-7-11-29(43)37-25)35(47)24-12-13-30(44)41(3)19-24/h4-6,9-10,12-13,19-22,25-26H,7-8,11,14-18H2,1-3H3,(H,36,45)(H,37,43)(H,38,46)/t25-,26-/m0/s1. The number of fused-ring (bicyclic) bond motifs is 4. The van der Waals surface area contributed by atoms with Crippen LogP contribution in [0, 0.1) is 5.92 Å². The first-order valence-corrected chi connectivity index (χ1v) is 18.1. The summed E-state index contributed by atoms with van der Waals surface area (Å²) in [5.74, 6) is -0.914. The molecule has 0 aliphatic carbocycles. The lowest BCUT2D eigenvalue weighted by atomic mass is 10.0. The van der Waals surface area contributed by atoms with E-state index in [1.165, 1.54) is 45.6 Å². The maximum Gasteiger partial charge on any atom is 0.271 e. The van der Waals surface area contributed by atoms with Crippen molar-refractivity contribution < 1.29 is 19.2 Å². The van der Waals surface area contributed by atoms with E-state index >= 15 is 0 Å². The molecule has 0 radical (unpaired) electrons. The first-order valence-electron chi connectivity index (χ1n) is 16.4. The second-order valence-corrected chi connectivity index (χ2v) is 14.3. The number of nitrogens with zero attached hydrogens (tertiary/aromatic N) is 4. The fraction of sp³-hybridized carbons (Fsp3) is 0.400. The van der Waals surface area contributed by atoms with Crippen LogP contribution in [0.1, 0.15) is 98.5 Å². The van der Waals surface area contributed by atoms with Crippen LogP contribution in [0.15, 0.2) is 64.2 Å². The summed E-state index contributed by atoms with van der Waals surface area (Å²) < 4.78 is 1.35. The van der Waals surface area contributed by atoms with Gasteiger partial charge in [-0.1, -0.05) is 44.2 Å². The summed E-state index contributed by atoms with van der Waals surface area (Å²) in [5, 5.41) is 13.7. The molecule has 4 heterocycles. The molecular weight excluding hydrogens is 663 g/mol. The monoisotopic (exact) mass is 703 g/mol. The molecule has 12 nitrogen and oxygen atoms in total. The van der Waals surface area contributed by atoms with Crippen molar-refractivity contribution in [2.75, 3.05) is 19.6 Å². The van der Waals surface area contributed by atoms with Gasteiger partial charge in [0.15, 0.2) is 0 Å². The third kappa shape index (κ3) is 9.70. The Kier molecular flexibility index (Phi) is 12.1. The largest absolute Gasteiger partial charge is 0.351 e. The molecule has 4 aromatic rings. The molecule has 4 bridgehead atoms. The van der Waals surface area contributed by atoms with Crippen molar-refractivity contribution >= 4 is 46.3 Å². The summed E-state index contributed by atoms with van der Waals surface area (Å²) >= 11 is 2.62. The Bertz CT molecular complexity index is 1830. The van der Waals surface area contributed by atoms with E-state index in [1.54, 1.807) is 22.7 Å². The number of pyridine rings is 1. The molecule has 3 aromatic heterocycles. The van der Waals surface area contributed by atoms with Crippen LogP contribution in [0.3, 0.4) is 0 Å². The van der Waals surface area contributed by atoms with Gasteiger partial charge >= 0.3 is 0 Å². The zero-order chi connectivity index (χ0) is 34.9. The summed E-state index contributed by atoms with van der Waals surface area (Å²) in [5.41, 5.74) is 1.62. The smallest absolute Gasteiger partial charge is 0.271 e. The number of amides is 4. The zero-order valence-electron chi connectivity index (χ0n) is 27.8. The Morgan fingerprint density at radius 2 is 1.55 bits per heavy atom. The summed E-state index contributed by atoms with van der Waals surface area (Å²) in [6.07, 6.45) is 3.64. The second kappa shape index (κ2) is 16.6. The van der Waals surface area contributed by atoms with Gasteiger partial charge in [-0.05, 0) is 43.2 Å². The van der Waals surface area contributed by atoms with Crippen molar-refractivity contribution in [2.45, 2.75) is 58.0 Å². The van der Waals surface area contributed by atoms with Crippen molar-refractivity contribution in [1.82, 2.24) is 35.4 Å². The van der Waals surface area contributed by atoms with Gasteiger partial charge < -0.3 is 25.4 Å². The van der Waals surface area contributed by atoms with Crippen LogP contribution < -0.4 is 21.5 Å². The molecule has 0 saturated carbocycles. The van der Waals surface area contributed by atoms with Crippen LogP contribution in [-0.4, -0.2) is 62.7 Å². The topological polar surface area (TPSA) is 155 Å². The number of aromatic nitrogens is 3. The van der Waals surface area contributed by atoms with E-state index in [0.29, 0.717) is 54.4 Å². The zero-order valence-corrected chi connectivity index (χ0v) is 29.4. The van der Waals surface area contributed by atoms with Gasteiger partial charge in [0, 0.05) is 56.1 Å². The predicted octanol–water partition coefficient (Wildman–Crippen LogP) is 4.27. The number of nitrogens with one attached hydrogen (secondary N) is 3. The van der Waals surface area contributed by atoms with Gasteiger partial charge in [-0.2, -0.15) is 0 Å². The summed E-state index contributed by atoms with van der Waals surface area (Å²) in [4.78, 5) is 76.2. The van der Waals surface area contributed by atoms with Crippen LogP contribution in [0.2, 0.25) is 0 Å². The van der Waals surface area contributed by atoms with E-state index in [2.05, 4.69) is 39.8 Å². The number of carbonyl (C=O) groups is 4. The van der Waals surface area contributed by atoms with Crippen molar-refractivity contribution in [1.29, 1.82) is 0 Å². The van der Waals surface area contributed by atoms with Crippen molar-refractivity contribution in [3.63, 3.8) is 0 Å². The molecule has 1 aliphatic heterocycles. The quantitative estimate of drug-likeness (QED) is 0.281. The number of thiazole rings is 2. The molecule has 14 heteroatoms. The van der Waals surface area contributed by atoms with Gasteiger partial charge in [0.1, 0.15) is 21.4 Å². The molecule has 1 aromatic carbocycles. The van der Waals surface area contributed by atoms with Gasteiger partial charge in [-0.15, -0.1) is 22.7 Å². The highest BCUT2D eigenvalue weighted by molar-refractivity contribution is 7.10. The van der Waals surface area contributed by atoms with Gasteiger partial charge in [0.05, 0.1) is 17.6 Å². The first kappa shape index (κ1) is 35.6. The maximum absolute atomic E-state index is 13.5. The summed E-state index contributed by atoms with van der Waals surface area (Å²) in [6, 6.07) is 11.7. The summed E-state index contributed by atoms with van der Waals surface area (Å²) in [6.45, 7) is 5.04. The minimum atomic E-state index is -0.510. The summed E-state index contributed by atoms with van der Waals surface area (Å²) in [7, 11) is 1.59. The van der Waals surface area contributed by atoms with E-state index in [0.717, 1.165) is 5.56 Å². The molecule has 4 amide bonds. The Hall–Kier alpha value is -4.69. The Balaban J connectivity index is 1.42. The molecule has 49 heavy (non-hydrogen) atoms. The maximum atomic E-state index is 13.5. The van der Waals surface area contributed by atoms with Crippen LogP contribution in [0.4, 0.5) is 0 Å². The Morgan fingerprint density at radius 1 is 0.878 bits per heavy atom.